The molecule has 0 bridgehead atoms. The van der Waals surface area contributed by atoms with Gasteiger partial charge in [0.2, 0.25) is 0 Å². The van der Waals surface area contributed by atoms with Crippen molar-refractivity contribution in [2.24, 2.45) is 0 Å². The van der Waals surface area contributed by atoms with Gasteiger partial charge in [-0.05, 0) is 90.1 Å². The molecule has 29 heavy (non-hydrogen) atoms. The second-order valence-electron chi connectivity index (χ2n) is 12.3. The zero-order valence-electron chi connectivity index (χ0n) is 22.2. The zero-order chi connectivity index (χ0) is 23.3. The fraction of sp³-hybridized carbons (Fsp3) is 1.00. The minimum Gasteiger partial charge on any atom is -0.369 e. The first-order valence-electron chi connectivity index (χ1n) is 11.0. The molecule has 0 unspecified atom stereocenters. The highest BCUT2D eigenvalue weighted by molar-refractivity contribution is 4.88. The van der Waals surface area contributed by atoms with Gasteiger partial charge in [-0.2, -0.15) is 0 Å². The van der Waals surface area contributed by atoms with Crippen LogP contribution < -0.4 is 5.32 Å². The molecule has 0 aliphatic rings. The first-order chi connectivity index (χ1) is 12.8. The van der Waals surface area contributed by atoms with E-state index in [1.807, 2.05) is 0 Å². The van der Waals surface area contributed by atoms with Crippen LogP contribution >= 0.6 is 0 Å². The third-order valence-electron chi connectivity index (χ3n) is 4.98. The normalized spacial score (nSPS) is 14.7. The Kier molecular flexibility index (Phi) is 10.8. The number of ether oxygens (including phenoxy) is 1. The number of hydrogen-bond donors (Lipinski definition) is 1. The number of nitrogens with zero attached hydrogens (tertiary/aromatic N) is 4. The van der Waals surface area contributed by atoms with Gasteiger partial charge in [0.1, 0.15) is 0 Å². The molecular formula is C23H53N5O. The van der Waals surface area contributed by atoms with E-state index in [1.165, 1.54) is 0 Å². The van der Waals surface area contributed by atoms with E-state index in [9.17, 15) is 0 Å². The van der Waals surface area contributed by atoms with E-state index in [0.717, 1.165) is 26.7 Å². The Hall–Kier alpha value is -0.240. The van der Waals surface area contributed by atoms with Crippen molar-refractivity contribution in [2.45, 2.75) is 105 Å². The monoisotopic (exact) mass is 415 g/mol. The number of nitrogens with one attached hydrogen (secondary N) is 1. The second-order valence-corrected chi connectivity index (χ2v) is 12.3. The van der Waals surface area contributed by atoms with Crippen LogP contribution in [0, 0.1) is 0 Å². The molecular weight excluding hydrogens is 362 g/mol. The number of methoxy groups -OCH3 is 1. The second kappa shape index (κ2) is 10.9. The van der Waals surface area contributed by atoms with Crippen molar-refractivity contribution in [1.29, 1.82) is 0 Å². The molecule has 0 heterocycles. The predicted octanol–water partition coefficient (Wildman–Crippen LogP) is 4.04. The molecule has 0 saturated carbocycles. The maximum atomic E-state index is 5.33. The zero-order valence-corrected chi connectivity index (χ0v) is 22.2. The Bertz CT molecular complexity index is 426. The van der Waals surface area contributed by atoms with Crippen molar-refractivity contribution in [3.05, 3.63) is 0 Å². The highest BCUT2D eigenvalue weighted by Crippen LogP contribution is 2.25. The van der Waals surface area contributed by atoms with Crippen molar-refractivity contribution in [3.63, 3.8) is 0 Å². The fourth-order valence-corrected chi connectivity index (χ4v) is 4.18. The maximum Gasteiger partial charge on any atom is 0.0994 e. The van der Waals surface area contributed by atoms with Gasteiger partial charge in [0.25, 0.3) is 0 Å². The van der Waals surface area contributed by atoms with E-state index in [1.54, 1.807) is 7.11 Å². The summed E-state index contributed by atoms with van der Waals surface area (Å²) in [5.74, 6) is 0. The average molecular weight is 416 g/mol. The first kappa shape index (κ1) is 28.8. The SMILES string of the molecule is COCN(C)CN(CNCN(C(C)(C)C)C(C)(C)C)CN(C(C)(C)C)C(C)(C)C. The molecule has 6 nitrogen and oxygen atoms in total. The summed E-state index contributed by atoms with van der Waals surface area (Å²) >= 11 is 0. The molecule has 0 aliphatic heterocycles. The third-order valence-corrected chi connectivity index (χ3v) is 4.98. The molecule has 0 saturated heterocycles. The lowest BCUT2D eigenvalue weighted by molar-refractivity contribution is -0.0471. The van der Waals surface area contributed by atoms with E-state index in [-0.39, 0.29) is 22.2 Å². The van der Waals surface area contributed by atoms with E-state index in [2.05, 4.69) is 115 Å². The molecule has 6 heteroatoms. The molecule has 176 valence electrons. The maximum absolute atomic E-state index is 5.33. The standard InChI is InChI=1S/C23H53N5O/c1-20(2,3)27(21(4,5)6)16-24-15-26(17-25(13)19-29-14)18-28(22(7,8)9)23(10,11)12/h24H,15-19H2,1-14H3. The molecule has 1 N–H and O–H groups in total. The molecule has 0 aliphatic carbocycles. The van der Waals surface area contributed by atoms with Crippen LogP contribution in [0.4, 0.5) is 0 Å². The van der Waals surface area contributed by atoms with E-state index in [0.29, 0.717) is 6.73 Å². The van der Waals surface area contributed by atoms with Gasteiger partial charge in [-0.15, -0.1) is 0 Å². The minimum atomic E-state index is 0.0825. The van der Waals surface area contributed by atoms with Crippen LogP contribution in [-0.4, -0.2) is 89.3 Å². The van der Waals surface area contributed by atoms with Crippen molar-refractivity contribution in [2.75, 3.05) is 47.6 Å². The topological polar surface area (TPSA) is 34.2 Å². The van der Waals surface area contributed by atoms with Crippen molar-refractivity contribution < 1.29 is 4.74 Å². The van der Waals surface area contributed by atoms with Crippen LogP contribution in [0.1, 0.15) is 83.1 Å². The Morgan fingerprint density at radius 3 is 1.38 bits per heavy atom. The smallest absolute Gasteiger partial charge is 0.0994 e. The number of rotatable bonds is 10. The minimum absolute atomic E-state index is 0.0825. The highest BCUT2D eigenvalue weighted by atomic mass is 16.5. The van der Waals surface area contributed by atoms with Gasteiger partial charge in [-0.1, -0.05) is 0 Å². The molecule has 0 aromatic rings. The quantitative estimate of drug-likeness (QED) is 0.542. The molecule has 0 radical (unpaired) electrons. The summed E-state index contributed by atoms with van der Waals surface area (Å²) in [4.78, 5) is 9.74. The molecule has 0 fully saturated rings. The van der Waals surface area contributed by atoms with Gasteiger partial charge in [0.05, 0.1) is 33.4 Å². The van der Waals surface area contributed by atoms with Crippen molar-refractivity contribution in [3.8, 4) is 0 Å². The van der Waals surface area contributed by atoms with E-state index < -0.39 is 0 Å². The summed E-state index contributed by atoms with van der Waals surface area (Å²) in [6.07, 6.45) is 0. The summed E-state index contributed by atoms with van der Waals surface area (Å²) in [7, 11) is 3.85. The molecule has 0 atom stereocenters. The van der Waals surface area contributed by atoms with Gasteiger partial charge >= 0.3 is 0 Å². The lowest BCUT2D eigenvalue weighted by Gasteiger charge is -2.48. The molecule has 0 spiro atoms. The summed E-state index contributed by atoms with van der Waals surface area (Å²) in [5, 5.41) is 3.71. The fourth-order valence-electron chi connectivity index (χ4n) is 4.18. The predicted molar refractivity (Wildman–Crippen MR) is 127 cm³/mol. The van der Waals surface area contributed by atoms with Crippen molar-refractivity contribution >= 4 is 0 Å². The Morgan fingerprint density at radius 2 is 1.03 bits per heavy atom. The van der Waals surface area contributed by atoms with Crippen molar-refractivity contribution in [1.82, 2.24) is 24.9 Å². The highest BCUT2D eigenvalue weighted by Gasteiger charge is 2.34. The van der Waals surface area contributed by atoms with Crippen LogP contribution in [-0.2, 0) is 4.74 Å². The Labute approximate surface area is 182 Å². The van der Waals surface area contributed by atoms with Crippen LogP contribution in [0.3, 0.4) is 0 Å². The average Bonchev–Trinajstić information content (AvgIpc) is 2.43. The third kappa shape index (κ3) is 11.1. The lowest BCUT2D eigenvalue weighted by atomic mass is 9.97. The largest absolute Gasteiger partial charge is 0.369 e. The Morgan fingerprint density at radius 1 is 0.621 bits per heavy atom. The molecule has 0 aromatic heterocycles. The number of hydrogen-bond acceptors (Lipinski definition) is 6. The van der Waals surface area contributed by atoms with Gasteiger partial charge in [0.15, 0.2) is 0 Å². The summed E-state index contributed by atoms with van der Waals surface area (Å²) in [6, 6.07) is 0. The van der Waals surface area contributed by atoms with Gasteiger partial charge in [0, 0.05) is 29.3 Å². The van der Waals surface area contributed by atoms with Gasteiger partial charge in [-0.25, -0.2) is 0 Å². The first-order valence-corrected chi connectivity index (χ1v) is 11.0. The summed E-state index contributed by atoms with van der Waals surface area (Å²) in [6.45, 7) is 31.5. The van der Waals surface area contributed by atoms with Gasteiger partial charge < -0.3 is 4.74 Å². The summed E-state index contributed by atoms with van der Waals surface area (Å²) in [5.41, 5.74) is 0.371. The van der Waals surface area contributed by atoms with E-state index >= 15 is 0 Å². The Balaban J connectivity index is 5.33. The van der Waals surface area contributed by atoms with Crippen LogP contribution in [0.2, 0.25) is 0 Å². The van der Waals surface area contributed by atoms with Crippen LogP contribution in [0.5, 0.6) is 0 Å². The van der Waals surface area contributed by atoms with Crippen LogP contribution in [0.15, 0.2) is 0 Å². The van der Waals surface area contributed by atoms with Crippen LogP contribution in [0.25, 0.3) is 0 Å². The molecule has 0 aromatic carbocycles. The van der Waals surface area contributed by atoms with Gasteiger partial charge in [-0.3, -0.25) is 24.9 Å². The molecule has 0 amide bonds. The lowest BCUT2D eigenvalue weighted by Crippen LogP contribution is -2.60. The van der Waals surface area contributed by atoms with E-state index in [4.69, 9.17) is 4.74 Å². The summed E-state index contributed by atoms with van der Waals surface area (Å²) < 4.78 is 5.33. The molecule has 0 rings (SSSR count).